The smallest absolute Gasteiger partial charge is 0.244 e. The van der Waals surface area contributed by atoms with Crippen molar-refractivity contribution < 1.29 is 13.2 Å². The molecule has 1 aromatic carbocycles. The van der Waals surface area contributed by atoms with Crippen molar-refractivity contribution in [3.05, 3.63) is 53.3 Å². The summed E-state index contributed by atoms with van der Waals surface area (Å²) in [5, 5.41) is 0. The Hall–Kier alpha value is -1.42. The number of hydrogen-bond donors (Lipinski definition) is 0. The second-order valence-electron chi connectivity index (χ2n) is 6.00. The van der Waals surface area contributed by atoms with Gasteiger partial charge in [-0.25, -0.2) is 8.42 Å². The standard InChI is InChI=1S/C18H20BrN3O3S2/c19-16-5-1-2-6-17(16)26-13-7-18(23)21-9-11-22(12-10-21)27(24,25)15-4-3-8-20-14-15/h1-6,8,14H,7,9-13H2. The summed E-state index contributed by atoms with van der Waals surface area (Å²) in [5.74, 6) is 0.753. The van der Waals surface area contributed by atoms with Crippen LogP contribution in [-0.4, -0.2) is 60.4 Å². The molecule has 1 saturated heterocycles. The maximum absolute atomic E-state index is 12.6. The summed E-state index contributed by atoms with van der Waals surface area (Å²) in [5.41, 5.74) is 0. The molecule has 0 N–H and O–H groups in total. The molecule has 1 aliphatic heterocycles. The summed E-state index contributed by atoms with van der Waals surface area (Å²) in [6.07, 6.45) is 3.33. The van der Waals surface area contributed by atoms with Crippen LogP contribution in [0.4, 0.5) is 0 Å². The first kappa shape index (κ1) is 20.3. The molecule has 0 saturated carbocycles. The Morgan fingerprint density at radius 2 is 1.85 bits per heavy atom. The van der Waals surface area contributed by atoms with Crippen molar-refractivity contribution in [1.29, 1.82) is 0 Å². The molecule has 3 rings (SSSR count). The van der Waals surface area contributed by atoms with Crippen LogP contribution in [-0.2, 0) is 14.8 Å². The fraction of sp³-hybridized carbons (Fsp3) is 0.333. The molecule has 27 heavy (non-hydrogen) atoms. The number of sulfonamides is 1. The lowest BCUT2D eigenvalue weighted by Gasteiger charge is -2.34. The molecule has 144 valence electrons. The van der Waals surface area contributed by atoms with Crippen molar-refractivity contribution in [1.82, 2.24) is 14.2 Å². The first-order chi connectivity index (χ1) is 13.0. The van der Waals surface area contributed by atoms with Crippen LogP contribution < -0.4 is 0 Å². The SMILES string of the molecule is O=C(CCSc1ccccc1Br)N1CCN(S(=O)(=O)c2cccnc2)CC1. The minimum Gasteiger partial charge on any atom is -0.340 e. The molecule has 0 aliphatic carbocycles. The third-order valence-corrected chi connectivity index (χ3v) is 8.19. The van der Waals surface area contributed by atoms with Crippen molar-refractivity contribution in [2.24, 2.45) is 0 Å². The molecule has 1 aromatic heterocycles. The zero-order chi connectivity index (χ0) is 19.3. The van der Waals surface area contributed by atoms with Gasteiger partial charge in [0.15, 0.2) is 0 Å². The maximum atomic E-state index is 12.6. The maximum Gasteiger partial charge on any atom is 0.244 e. The zero-order valence-corrected chi connectivity index (χ0v) is 17.8. The van der Waals surface area contributed by atoms with Gasteiger partial charge in [-0.3, -0.25) is 9.78 Å². The van der Waals surface area contributed by atoms with Gasteiger partial charge in [-0.15, -0.1) is 11.8 Å². The highest BCUT2D eigenvalue weighted by atomic mass is 79.9. The van der Waals surface area contributed by atoms with Crippen LogP contribution in [0, 0.1) is 0 Å². The molecule has 0 spiro atoms. The first-order valence-electron chi connectivity index (χ1n) is 8.54. The second-order valence-corrected chi connectivity index (χ2v) is 9.93. The van der Waals surface area contributed by atoms with Gasteiger partial charge in [0.2, 0.25) is 15.9 Å². The highest BCUT2D eigenvalue weighted by molar-refractivity contribution is 9.10. The normalized spacial score (nSPS) is 15.7. The van der Waals surface area contributed by atoms with Crippen LogP contribution in [0.3, 0.4) is 0 Å². The molecule has 0 radical (unpaired) electrons. The molecule has 2 aromatic rings. The topological polar surface area (TPSA) is 70.6 Å². The van der Waals surface area contributed by atoms with Crippen molar-refractivity contribution in [2.75, 3.05) is 31.9 Å². The molecular weight excluding hydrogens is 450 g/mol. The van der Waals surface area contributed by atoms with Crippen LogP contribution in [0.15, 0.2) is 63.1 Å². The summed E-state index contributed by atoms with van der Waals surface area (Å²) in [6, 6.07) is 11.1. The number of halogens is 1. The van der Waals surface area contributed by atoms with Gasteiger partial charge in [0.05, 0.1) is 0 Å². The molecule has 2 heterocycles. The molecule has 0 unspecified atom stereocenters. The van der Waals surface area contributed by atoms with E-state index in [-0.39, 0.29) is 10.8 Å². The Kier molecular flexibility index (Phi) is 6.91. The average Bonchev–Trinajstić information content (AvgIpc) is 2.70. The molecule has 6 nitrogen and oxygen atoms in total. The number of amides is 1. The largest absolute Gasteiger partial charge is 0.340 e. The number of aromatic nitrogens is 1. The summed E-state index contributed by atoms with van der Waals surface area (Å²) in [7, 11) is -3.55. The van der Waals surface area contributed by atoms with Crippen molar-refractivity contribution in [2.45, 2.75) is 16.2 Å². The Labute approximate surface area is 172 Å². The predicted molar refractivity (Wildman–Crippen MR) is 109 cm³/mol. The molecule has 0 atom stereocenters. The summed E-state index contributed by atoms with van der Waals surface area (Å²) in [4.78, 5) is 19.3. The molecule has 1 fully saturated rings. The molecule has 1 amide bonds. The van der Waals surface area contributed by atoms with Crippen molar-refractivity contribution in [3.63, 3.8) is 0 Å². The van der Waals surface area contributed by atoms with E-state index in [9.17, 15) is 13.2 Å². The number of rotatable bonds is 6. The minimum absolute atomic E-state index is 0.0629. The number of hydrogen-bond acceptors (Lipinski definition) is 5. The fourth-order valence-corrected chi connectivity index (χ4v) is 5.69. The van der Waals surface area contributed by atoms with Crippen molar-refractivity contribution in [3.8, 4) is 0 Å². The molecule has 9 heteroatoms. The number of piperazine rings is 1. The Balaban J connectivity index is 1.49. The Bertz CT molecular complexity index is 886. The number of benzene rings is 1. The van der Waals surface area contributed by atoms with Crippen LogP contribution in [0.25, 0.3) is 0 Å². The lowest BCUT2D eigenvalue weighted by atomic mass is 10.3. The van der Waals surface area contributed by atoms with E-state index in [1.54, 1.807) is 35.0 Å². The van der Waals surface area contributed by atoms with Crippen LogP contribution >= 0.6 is 27.7 Å². The number of thioether (sulfide) groups is 1. The highest BCUT2D eigenvalue weighted by Gasteiger charge is 2.30. The number of carbonyl (C=O) groups is 1. The van der Waals surface area contributed by atoms with Gasteiger partial charge < -0.3 is 4.90 Å². The summed E-state index contributed by atoms with van der Waals surface area (Å²) >= 11 is 5.14. The number of carbonyl (C=O) groups excluding carboxylic acids is 1. The van der Waals surface area contributed by atoms with E-state index >= 15 is 0 Å². The van der Waals surface area contributed by atoms with Gasteiger partial charge in [0, 0.05) is 60.1 Å². The van der Waals surface area contributed by atoms with E-state index < -0.39 is 10.0 Å². The van der Waals surface area contributed by atoms with Gasteiger partial charge >= 0.3 is 0 Å². The van der Waals surface area contributed by atoms with E-state index in [0.717, 1.165) is 9.37 Å². The fourth-order valence-electron chi connectivity index (χ4n) is 2.79. The van der Waals surface area contributed by atoms with E-state index in [4.69, 9.17) is 0 Å². The van der Waals surface area contributed by atoms with Gasteiger partial charge in [-0.2, -0.15) is 4.31 Å². The molecule has 1 aliphatic rings. The highest BCUT2D eigenvalue weighted by Crippen LogP contribution is 2.27. The summed E-state index contributed by atoms with van der Waals surface area (Å²) < 4.78 is 27.6. The average molecular weight is 470 g/mol. The number of nitrogens with zero attached hydrogens (tertiary/aromatic N) is 3. The van der Waals surface area contributed by atoms with Gasteiger partial charge in [-0.05, 0) is 40.2 Å². The Morgan fingerprint density at radius 3 is 2.52 bits per heavy atom. The van der Waals surface area contributed by atoms with Crippen LogP contribution in [0.5, 0.6) is 0 Å². The first-order valence-corrected chi connectivity index (χ1v) is 11.8. The monoisotopic (exact) mass is 469 g/mol. The zero-order valence-electron chi connectivity index (χ0n) is 14.6. The van der Waals surface area contributed by atoms with Gasteiger partial charge in [-0.1, -0.05) is 12.1 Å². The van der Waals surface area contributed by atoms with E-state index in [0.29, 0.717) is 38.4 Å². The molecule has 0 bridgehead atoms. The van der Waals surface area contributed by atoms with Crippen LogP contribution in [0.1, 0.15) is 6.42 Å². The summed E-state index contributed by atoms with van der Waals surface area (Å²) in [6.45, 7) is 1.44. The van der Waals surface area contributed by atoms with E-state index in [2.05, 4.69) is 20.9 Å². The van der Waals surface area contributed by atoms with E-state index in [1.165, 1.54) is 10.5 Å². The molecular formula is C18H20BrN3O3S2. The van der Waals surface area contributed by atoms with Crippen LogP contribution in [0.2, 0.25) is 0 Å². The number of pyridine rings is 1. The lowest BCUT2D eigenvalue weighted by Crippen LogP contribution is -2.50. The van der Waals surface area contributed by atoms with Gasteiger partial charge in [0.25, 0.3) is 0 Å². The third kappa shape index (κ3) is 5.10. The van der Waals surface area contributed by atoms with E-state index in [1.807, 2.05) is 24.3 Å². The van der Waals surface area contributed by atoms with Crippen molar-refractivity contribution >= 4 is 43.6 Å². The lowest BCUT2D eigenvalue weighted by molar-refractivity contribution is -0.131. The predicted octanol–water partition coefficient (Wildman–Crippen LogP) is 2.86. The Morgan fingerprint density at radius 1 is 1.11 bits per heavy atom. The third-order valence-electron chi connectivity index (χ3n) is 4.27. The van der Waals surface area contributed by atoms with Gasteiger partial charge in [0.1, 0.15) is 4.90 Å². The quantitative estimate of drug-likeness (QED) is 0.608. The minimum atomic E-state index is -3.55. The second kappa shape index (κ2) is 9.18.